The van der Waals surface area contributed by atoms with Gasteiger partial charge in [-0.3, -0.25) is 9.59 Å². The fraction of sp³-hybridized carbons (Fsp3) is 0.0667. The lowest BCUT2D eigenvalue weighted by molar-refractivity contribution is -0.113. The van der Waals surface area contributed by atoms with Gasteiger partial charge < -0.3 is 4.74 Å². The lowest BCUT2D eigenvalue weighted by Gasteiger charge is -2.09. The van der Waals surface area contributed by atoms with Gasteiger partial charge >= 0.3 is 0 Å². The number of hydrogen-bond acceptors (Lipinski definition) is 3. The largest absolute Gasteiger partial charge is 0.484 e. The van der Waals surface area contributed by atoms with Crippen LogP contribution in [0.2, 0.25) is 0 Å². The van der Waals surface area contributed by atoms with Crippen LogP contribution in [0.15, 0.2) is 54.6 Å². The van der Waals surface area contributed by atoms with Gasteiger partial charge in [0.25, 0.3) is 5.24 Å². The highest BCUT2D eigenvalue weighted by atomic mass is 35.5. The van der Waals surface area contributed by atoms with Gasteiger partial charge in [-0.25, -0.2) is 0 Å². The lowest BCUT2D eigenvalue weighted by atomic mass is 10.0. The summed E-state index contributed by atoms with van der Waals surface area (Å²) in [6, 6.07) is 15.6. The van der Waals surface area contributed by atoms with E-state index in [0.717, 1.165) is 0 Å². The third kappa shape index (κ3) is 3.42. The SMILES string of the molecule is O=C(Cl)COc1ccccc1C(=O)c1ccccc1. The Kier molecular flexibility index (Phi) is 4.31. The minimum atomic E-state index is -0.609. The molecular weight excluding hydrogens is 264 g/mol. The van der Waals surface area contributed by atoms with E-state index in [-0.39, 0.29) is 12.4 Å². The summed E-state index contributed by atoms with van der Waals surface area (Å²) in [5, 5.41) is -0.609. The van der Waals surface area contributed by atoms with Crippen LogP contribution in [-0.2, 0) is 4.79 Å². The quantitative estimate of drug-likeness (QED) is 0.622. The van der Waals surface area contributed by atoms with Crippen LogP contribution in [0.1, 0.15) is 15.9 Å². The molecule has 2 aromatic carbocycles. The van der Waals surface area contributed by atoms with Gasteiger partial charge in [0.05, 0.1) is 5.56 Å². The number of benzene rings is 2. The summed E-state index contributed by atoms with van der Waals surface area (Å²) in [5.74, 6) is 0.198. The van der Waals surface area contributed by atoms with Gasteiger partial charge in [0.1, 0.15) is 5.75 Å². The Morgan fingerprint density at radius 2 is 1.58 bits per heavy atom. The van der Waals surface area contributed by atoms with Crippen LogP contribution in [0.4, 0.5) is 0 Å². The fourth-order valence-electron chi connectivity index (χ4n) is 1.66. The van der Waals surface area contributed by atoms with E-state index >= 15 is 0 Å². The first-order valence-corrected chi connectivity index (χ1v) is 6.06. The van der Waals surface area contributed by atoms with Crippen molar-refractivity contribution < 1.29 is 14.3 Å². The van der Waals surface area contributed by atoms with Crippen LogP contribution in [0, 0.1) is 0 Å². The fourth-order valence-corrected chi connectivity index (χ4v) is 1.71. The van der Waals surface area contributed by atoms with Crippen molar-refractivity contribution in [2.24, 2.45) is 0 Å². The highest BCUT2D eigenvalue weighted by molar-refractivity contribution is 6.63. The first-order chi connectivity index (χ1) is 9.18. The van der Waals surface area contributed by atoms with E-state index in [2.05, 4.69) is 0 Å². The van der Waals surface area contributed by atoms with Gasteiger partial charge in [0.2, 0.25) is 0 Å². The Labute approximate surface area is 115 Å². The predicted molar refractivity (Wildman–Crippen MR) is 72.7 cm³/mol. The van der Waals surface area contributed by atoms with Crippen molar-refractivity contribution >= 4 is 22.6 Å². The molecule has 0 saturated carbocycles. The second kappa shape index (κ2) is 6.16. The zero-order chi connectivity index (χ0) is 13.7. The van der Waals surface area contributed by atoms with Gasteiger partial charge in [-0.05, 0) is 23.7 Å². The predicted octanol–water partition coefficient (Wildman–Crippen LogP) is 3.06. The molecular formula is C15H11ClO3. The average molecular weight is 275 g/mol. The van der Waals surface area contributed by atoms with E-state index in [9.17, 15) is 9.59 Å². The van der Waals surface area contributed by atoms with Crippen molar-refractivity contribution in [2.75, 3.05) is 6.61 Å². The van der Waals surface area contributed by atoms with E-state index in [1.54, 1.807) is 48.5 Å². The first kappa shape index (κ1) is 13.3. The van der Waals surface area contributed by atoms with Crippen LogP contribution in [-0.4, -0.2) is 17.6 Å². The maximum absolute atomic E-state index is 12.3. The van der Waals surface area contributed by atoms with E-state index in [1.807, 2.05) is 6.07 Å². The molecule has 4 heteroatoms. The molecule has 0 bridgehead atoms. The molecule has 96 valence electrons. The molecule has 0 aliphatic carbocycles. The summed E-state index contributed by atoms with van der Waals surface area (Å²) in [7, 11) is 0. The third-order valence-electron chi connectivity index (χ3n) is 2.51. The molecule has 0 saturated heterocycles. The topological polar surface area (TPSA) is 43.4 Å². The number of para-hydroxylation sites is 1. The molecule has 2 rings (SSSR count). The maximum Gasteiger partial charge on any atom is 0.259 e. The summed E-state index contributed by atoms with van der Waals surface area (Å²) in [6.07, 6.45) is 0. The summed E-state index contributed by atoms with van der Waals surface area (Å²) in [5.41, 5.74) is 0.974. The molecule has 0 spiro atoms. The number of rotatable bonds is 5. The highest BCUT2D eigenvalue weighted by Crippen LogP contribution is 2.21. The molecule has 0 unspecified atom stereocenters. The minimum absolute atomic E-state index is 0.154. The van der Waals surface area contributed by atoms with E-state index < -0.39 is 5.24 Å². The summed E-state index contributed by atoms with van der Waals surface area (Å²) < 4.78 is 5.24. The van der Waals surface area contributed by atoms with E-state index in [4.69, 9.17) is 16.3 Å². The van der Waals surface area contributed by atoms with Crippen molar-refractivity contribution in [1.29, 1.82) is 0 Å². The molecule has 0 amide bonds. The Morgan fingerprint density at radius 1 is 0.947 bits per heavy atom. The zero-order valence-corrected chi connectivity index (χ0v) is 10.8. The van der Waals surface area contributed by atoms with E-state index in [0.29, 0.717) is 16.9 Å². The summed E-state index contributed by atoms with van der Waals surface area (Å²) in [6.45, 7) is -0.263. The molecule has 0 radical (unpaired) electrons. The number of ether oxygens (including phenoxy) is 1. The molecule has 0 fully saturated rings. The molecule has 0 aromatic heterocycles. The van der Waals surface area contributed by atoms with Crippen LogP contribution < -0.4 is 4.74 Å². The molecule has 0 aliphatic rings. The van der Waals surface area contributed by atoms with E-state index in [1.165, 1.54) is 0 Å². The van der Waals surface area contributed by atoms with Crippen LogP contribution in [0.5, 0.6) is 5.75 Å². The van der Waals surface area contributed by atoms with Gasteiger partial charge in [0, 0.05) is 5.56 Å². The maximum atomic E-state index is 12.3. The molecule has 0 N–H and O–H groups in total. The Balaban J connectivity index is 2.29. The number of ketones is 1. The van der Waals surface area contributed by atoms with Crippen molar-refractivity contribution in [3.63, 3.8) is 0 Å². The molecule has 0 atom stereocenters. The van der Waals surface area contributed by atoms with Crippen LogP contribution >= 0.6 is 11.6 Å². The number of hydrogen-bond donors (Lipinski definition) is 0. The lowest BCUT2D eigenvalue weighted by Crippen LogP contribution is -2.09. The summed E-state index contributed by atoms with van der Waals surface area (Å²) >= 11 is 5.23. The highest BCUT2D eigenvalue weighted by Gasteiger charge is 2.14. The second-order valence-corrected chi connectivity index (χ2v) is 4.26. The Hall–Kier alpha value is -2.13. The molecule has 3 nitrogen and oxygen atoms in total. The van der Waals surface area contributed by atoms with Gasteiger partial charge in [-0.1, -0.05) is 42.5 Å². The molecule has 0 aliphatic heterocycles. The number of halogens is 1. The molecule has 0 heterocycles. The summed E-state index contributed by atoms with van der Waals surface area (Å²) in [4.78, 5) is 23.0. The van der Waals surface area contributed by atoms with Gasteiger partial charge in [0.15, 0.2) is 12.4 Å². The average Bonchev–Trinajstić information content (AvgIpc) is 2.45. The third-order valence-corrected chi connectivity index (χ3v) is 2.62. The minimum Gasteiger partial charge on any atom is -0.484 e. The monoisotopic (exact) mass is 274 g/mol. The number of carbonyl (C=O) groups is 2. The molecule has 2 aromatic rings. The van der Waals surface area contributed by atoms with Crippen LogP contribution in [0.25, 0.3) is 0 Å². The van der Waals surface area contributed by atoms with Crippen LogP contribution in [0.3, 0.4) is 0 Å². The Bertz CT molecular complexity index is 593. The smallest absolute Gasteiger partial charge is 0.259 e. The standard InChI is InChI=1S/C15H11ClO3/c16-14(17)10-19-13-9-5-4-8-12(13)15(18)11-6-2-1-3-7-11/h1-9H,10H2. The van der Waals surface area contributed by atoms with Crippen molar-refractivity contribution in [2.45, 2.75) is 0 Å². The number of carbonyl (C=O) groups excluding carboxylic acids is 2. The van der Waals surface area contributed by atoms with Gasteiger partial charge in [-0.2, -0.15) is 0 Å². The van der Waals surface area contributed by atoms with Crippen molar-refractivity contribution in [3.8, 4) is 5.75 Å². The Morgan fingerprint density at radius 3 is 2.26 bits per heavy atom. The first-order valence-electron chi connectivity index (χ1n) is 5.68. The van der Waals surface area contributed by atoms with Crippen molar-refractivity contribution in [1.82, 2.24) is 0 Å². The molecule has 19 heavy (non-hydrogen) atoms. The normalized spacial score (nSPS) is 9.95. The van der Waals surface area contributed by atoms with Crippen molar-refractivity contribution in [3.05, 3.63) is 65.7 Å². The van der Waals surface area contributed by atoms with Gasteiger partial charge in [-0.15, -0.1) is 0 Å². The second-order valence-electron chi connectivity index (χ2n) is 3.84. The zero-order valence-electron chi connectivity index (χ0n) is 10.0.